The first-order valence-corrected chi connectivity index (χ1v) is 13.9. The van der Waals surface area contributed by atoms with Crippen molar-refractivity contribution in [3.8, 4) is 23.4 Å². The van der Waals surface area contributed by atoms with Crippen LogP contribution in [-0.2, 0) is 14.3 Å². The summed E-state index contributed by atoms with van der Waals surface area (Å²) in [4.78, 5) is 15.7. The molecule has 1 aliphatic heterocycles. The fourth-order valence-corrected chi connectivity index (χ4v) is 6.03. The van der Waals surface area contributed by atoms with Crippen molar-refractivity contribution in [2.45, 2.75) is 61.9 Å². The third-order valence-electron chi connectivity index (χ3n) is 7.89. The molecule has 5 rings (SSSR count). The van der Waals surface area contributed by atoms with Crippen LogP contribution in [0.25, 0.3) is 11.3 Å². The second-order valence-corrected chi connectivity index (χ2v) is 10.9. The maximum absolute atomic E-state index is 14.4. The van der Waals surface area contributed by atoms with Crippen LogP contribution in [0.15, 0.2) is 42.6 Å². The van der Waals surface area contributed by atoms with Gasteiger partial charge in [-0.15, -0.1) is 5.10 Å². The molecule has 5 unspecified atom stereocenters. The van der Waals surface area contributed by atoms with Crippen LogP contribution in [0.4, 0.5) is 10.1 Å². The van der Waals surface area contributed by atoms with Gasteiger partial charge in [0.15, 0.2) is 6.10 Å². The molecule has 0 spiro atoms. The summed E-state index contributed by atoms with van der Waals surface area (Å²) in [5, 5.41) is 59.1. The number of carbonyl (C=O) groups is 1. The van der Waals surface area contributed by atoms with Crippen LogP contribution in [-0.4, -0.2) is 86.5 Å². The fraction of sp³-hybridized carbons (Fsp3) is 0.414. The summed E-state index contributed by atoms with van der Waals surface area (Å²) in [6.45, 7) is -0.651. The summed E-state index contributed by atoms with van der Waals surface area (Å²) < 4.78 is 27.2. The first-order chi connectivity index (χ1) is 20.7. The summed E-state index contributed by atoms with van der Waals surface area (Å²) >= 11 is 6.28. The average molecular weight is 611 g/mol. The van der Waals surface area contributed by atoms with E-state index in [-0.39, 0.29) is 27.5 Å². The highest BCUT2D eigenvalue weighted by molar-refractivity contribution is 6.31. The second kappa shape index (κ2) is 12.7. The van der Waals surface area contributed by atoms with Crippen LogP contribution in [0.3, 0.4) is 0 Å². The number of aliphatic hydroxyl groups excluding tert-OH is 3. The lowest BCUT2D eigenvalue weighted by Crippen LogP contribution is -2.62. The van der Waals surface area contributed by atoms with Crippen molar-refractivity contribution in [3.63, 3.8) is 0 Å². The van der Waals surface area contributed by atoms with E-state index in [9.17, 15) is 29.8 Å². The summed E-state index contributed by atoms with van der Waals surface area (Å²) in [5.41, 5.74) is 0.879. The van der Waals surface area contributed by atoms with E-state index in [1.807, 2.05) is 6.07 Å². The van der Waals surface area contributed by atoms with E-state index in [1.54, 1.807) is 6.07 Å². The number of halogens is 2. The molecule has 2 fully saturated rings. The van der Waals surface area contributed by atoms with Gasteiger partial charge in [0.2, 0.25) is 0 Å². The van der Waals surface area contributed by atoms with E-state index in [0.717, 1.165) is 6.07 Å². The molecule has 3 N–H and O–H groups in total. The van der Waals surface area contributed by atoms with E-state index in [0.29, 0.717) is 24.8 Å². The van der Waals surface area contributed by atoms with Crippen molar-refractivity contribution >= 4 is 23.2 Å². The van der Waals surface area contributed by atoms with Gasteiger partial charge in [-0.1, -0.05) is 22.9 Å². The molecule has 14 heteroatoms. The number of methoxy groups -OCH3 is 1. The molecule has 43 heavy (non-hydrogen) atoms. The Morgan fingerprint density at radius 1 is 1.23 bits per heavy atom. The third kappa shape index (κ3) is 5.84. The first-order valence-electron chi connectivity index (χ1n) is 13.5. The molecule has 2 heterocycles. The van der Waals surface area contributed by atoms with Crippen molar-refractivity contribution in [2.75, 3.05) is 18.6 Å². The van der Waals surface area contributed by atoms with Crippen LogP contribution in [0.1, 0.15) is 36.4 Å². The van der Waals surface area contributed by atoms with E-state index in [2.05, 4.69) is 10.3 Å². The lowest BCUT2D eigenvalue weighted by molar-refractivity contribution is -0.211. The van der Waals surface area contributed by atoms with E-state index in [1.165, 1.54) is 53.2 Å². The minimum Gasteiger partial charge on any atom is -0.394 e. The number of ether oxygens (including phenoxy) is 2. The zero-order chi connectivity index (χ0) is 30.8. The minimum absolute atomic E-state index is 0.138. The second-order valence-electron chi connectivity index (χ2n) is 10.4. The molecule has 2 aliphatic rings. The van der Waals surface area contributed by atoms with Crippen molar-refractivity contribution in [1.82, 2.24) is 15.0 Å². The Hall–Kier alpha value is -3.95. The number of amides is 1. The van der Waals surface area contributed by atoms with Crippen LogP contribution < -0.4 is 4.90 Å². The predicted molar refractivity (Wildman–Crippen MR) is 149 cm³/mol. The lowest BCUT2D eigenvalue weighted by atomic mass is 9.91. The molecular formula is C29H28ClFN6O6. The minimum atomic E-state index is -1.41. The van der Waals surface area contributed by atoms with Crippen molar-refractivity contribution < 1.29 is 34.0 Å². The van der Waals surface area contributed by atoms with Gasteiger partial charge >= 0.3 is 0 Å². The summed E-state index contributed by atoms with van der Waals surface area (Å²) in [6, 6.07) is 10.4. The number of nitriles is 2. The van der Waals surface area contributed by atoms with E-state index in [4.69, 9.17) is 26.3 Å². The van der Waals surface area contributed by atoms with Gasteiger partial charge in [0.25, 0.3) is 5.91 Å². The normalized spacial score (nSPS) is 26.9. The number of hydrogen-bond acceptors (Lipinski definition) is 10. The van der Waals surface area contributed by atoms with Gasteiger partial charge in [0.05, 0.1) is 42.1 Å². The summed E-state index contributed by atoms with van der Waals surface area (Å²) in [6.07, 6.45) is -3.09. The lowest BCUT2D eigenvalue weighted by Gasteiger charge is -2.45. The molecule has 1 aliphatic carbocycles. The number of aliphatic hydroxyl groups is 3. The molecule has 224 valence electrons. The molecule has 12 nitrogen and oxygen atoms in total. The number of hydrogen-bond donors (Lipinski definition) is 3. The van der Waals surface area contributed by atoms with Gasteiger partial charge in [-0.05, 0) is 49.6 Å². The molecule has 2 aromatic carbocycles. The Kier molecular flexibility index (Phi) is 9.03. The molecule has 1 amide bonds. The van der Waals surface area contributed by atoms with Crippen LogP contribution >= 0.6 is 11.6 Å². The largest absolute Gasteiger partial charge is 0.394 e. The van der Waals surface area contributed by atoms with E-state index < -0.39 is 60.9 Å². The standard InChI is InChI=1S/C29H28ClFN6O6/c1-42-27-25(36-13-21(34-35-36)16-5-6-17(12-33)20(31)9-16)26(40)24(14-38)43-28(27)29(41)37(22-3-2-4-23(22)39)19-8-15(11-32)7-18(30)10-19/h5-10,13,22-28,38-40H,2-4,14H2,1H3/t22-,23-,24?,25?,26?,27?,28?/m1/s1. The molecule has 0 bridgehead atoms. The number of carbonyl (C=O) groups excluding carboxylic acids is 1. The quantitative estimate of drug-likeness (QED) is 0.359. The van der Waals surface area contributed by atoms with Gasteiger partial charge in [-0.2, -0.15) is 10.5 Å². The topological polar surface area (TPSA) is 178 Å². The molecule has 3 aromatic rings. The van der Waals surface area contributed by atoms with Crippen molar-refractivity contribution in [3.05, 3.63) is 64.6 Å². The zero-order valence-corrected chi connectivity index (χ0v) is 23.7. The highest BCUT2D eigenvalue weighted by atomic mass is 35.5. The Bertz CT molecular complexity index is 1590. The van der Waals surface area contributed by atoms with Crippen molar-refractivity contribution in [1.29, 1.82) is 10.5 Å². The third-order valence-corrected chi connectivity index (χ3v) is 8.10. The van der Waals surface area contributed by atoms with Crippen molar-refractivity contribution in [2.24, 2.45) is 0 Å². The van der Waals surface area contributed by atoms with Gasteiger partial charge < -0.3 is 29.7 Å². The Morgan fingerprint density at radius 2 is 2.02 bits per heavy atom. The number of anilines is 1. The van der Waals surface area contributed by atoms with Crippen LogP contribution in [0, 0.1) is 28.5 Å². The summed E-state index contributed by atoms with van der Waals surface area (Å²) in [7, 11) is 1.32. The number of nitrogens with zero attached hydrogens (tertiary/aromatic N) is 6. The predicted octanol–water partition coefficient (Wildman–Crippen LogP) is 2.10. The monoisotopic (exact) mass is 610 g/mol. The SMILES string of the molecule is COC1C(C(=O)N(c2cc(Cl)cc(C#N)c2)[C@@H]2CCC[C@H]2O)OC(CO)C(O)C1n1cc(-c2ccc(C#N)c(F)c2)nn1. The summed E-state index contributed by atoms with van der Waals surface area (Å²) in [5.74, 6) is -1.38. The highest BCUT2D eigenvalue weighted by Crippen LogP contribution is 2.37. The zero-order valence-electron chi connectivity index (χ0n) is 22.9. The molecule has 0 radical (unpaired) electrons. The van der Waals surface area contributed by atoms with Gasteiger partial charge in [0.1, 0.15) is 41.9 Å². The van der Waals surface area contributed by atoms with Gasteiger partial charge in [-0.3, -0.25) is 4.79 Å². The molecule has 1 saturated heterocycles. The average Bonchev–Trinajstić information content (AvgIpc) is 3.66. The number of benzene rings is 2. The number of aromatic nitrogens is 3. The van der Waals surface area contributed by atoms with Gasteiger partial charge in [0, 0.05) is 23.4 Å². The molecular weight excluding hydrogens is 583 g/mol. The Labute approximate surface area is 251 Å². The number of rotatable bonds is 7. The smallest absolute Gasteiger partial charge is 0.259 e. The fourth-order valence-electron chi connectivity index (χ4n) is 5.80. The molecule has 7 atom stereocenters. The molecule has 1 aromatic heterocycles. The maximum Gasteiger partial charge on any atom is 0.259 e. The van der Waals surface area contributed by atoms with Crippen LogP contribution in [0.5, 0.6) is 0 Å². The van der Waals surface area contributed by atoms with E-state index >= 15 is 0 Å². The van der Waals surface area contributed by atoms with Crippen LogP contribution in [0.2, 0.25) is 5.02 Å². The Morgan fingerprint density at radius 3 is 2.65 bits per heavy atom. The maximum atomic E-state index is 14.4. The molecule has 1 saturated carbocycles. The highest BCUT2D eigenvalue weighted by Gasteiger charge is 2.52. The Balaban J connectivity index is 1.54. The van der Waals surface area contributed by atoms with Gasteiger partial charge in [-0.25, -0.2) is 9.07 Å². The first kappa shape index (κ1) is 30.5.